The third-order valence-corrected chi connectivity index (χ3v) is 4.07. The van der Waals surface area contributed by atoms with Crippen molar-refractivity contribution in [1.29, 1.82) is 0 Å². The first kappa shape index (κ1) is 17.7. The van der Waals surface area contributed by atoms with Gasteiger partial charge in [0.15, 0.2) is 4.77 Å². The van der Waals surface area contributed by atoms with E-state index in [9.17, 15) is 9.59 Å². The number of carbonyl (C=O) groups excluding carboxylic acids is 1. The smallest absolute Gasteiger partial charge is 0.262 e. The molecule has 0 radical (unpaired) electrons. The molecule has 0 aliphatic heterocycles. The van der Waals surface area contributed by atoms with Gasteiger partial charge >= 0.3 is 0 Å². The van der Waals surface area contributed by atoms with Gasteiger partial charge in [0.1, 0.15) is 0 Å². The maximum Gasteiger partial charge on any atom is 0.262 e. The van der Waals surface area contributed by atoms with Crippen molar-refractivity contribution in [3.05, 3.63) is 57.9 Å². The number of carbonyl (C=O) groups is 1. The normalized spacial score (nSPS) is 10.6. The number of nitrogens with one attached hydrogen (secondary N) is 3. The van der Waals surface area contributed by atoms with E-state index in [4.69, 9.17) is 12.2 Å². The lowest BCUT2D eigenvalue weighted by atomic mass is 10.2. The number of fused-ring (bicyclic) bond motifs is 1. The van der Waals surface area contributed by atoms with E-state index in [1.54, 1.807) is 36.7 Å². The molecule has 2 aromatic heterocycles. The number of amides is 1. The molecule has 26 heavy (non-hydrogen) atoms. The molecule has 3 rings (SSSR count). The molecule has 0 saturated heterocycles. The van der Waals surface area contributed by atoms with E-state index in [0.29, 0.717) is 34.7 Å². The molecular weight excluding hydrogens is 352 g/mol. The quantitative estimate of drug-likeness (QED) is 0.430. The molecule has 3 aromatic rings. The van der Waals surface area contributed by atoms with Gasteiger partial charge in [-0.25, -0.2) is 9.97 Å². The van der Waals surface area contributed by atoms with Gasteiger partial charge in [0.05, 0.1) is 10.9 Å². The number of H-pyrrole nitrogens is 1. The second kappa shape index (κ2) is 8.34. The Bertz CT molecular complexity index is 1010. The van der Waals surface area contributed by atoms with E-state index in [1.165, 1.54) is 4.57 Å². The van der Waals surface area contributed by atoms with Gasteiger partial charge in [-0.2, -0.15) is 0 Å². The highest BCUT2D eigenvalue weighted by atomic mass is 32.1. The average Bonchev–Trinajstić information content (AvgIpc) is 2.66. The minimum Gasteiger partial charge on any atom is -0.354 e. The van der Waals surface area contributed by atoms with Crippen LogP contribution in [0.5, 0.6) is 0 Å². The number of benzene rings is 1. The highest BCUT2D eigenvalue weighted by molar-refractivity contribution is 7.71. The molecule has 2 heterocycles. The van der Waals surface area contributed by atoms with E-state index < -0.39 is 0 Å². The highest BCUT2D eigenvalue weighted by Gasteiger charge is 2.07. The van der Waals surface area contributed by atoms with Crippen LogP contribution >= 0.6 is 12.2 Å². The summed E-state index contributed by atoms with van der Waals surface area (Å²) in [6.45, 7) is 1.16. The van der Waals surface area contributed by atoms with Crippen LogP contribution in [-0.2, 0) is 11.3 Å². The molecular formula is C17H18N6O2S. The van der Waals surface area contributed by atoms with Crippen molar-refractivity contribution >= 4 is 35.0 Å². The summed E-state index contributed by atoms with van der Waals surface area (Å²) in [5.41, 5.74) is 0.498. The SMILES string of the molecule is O=C(CCn1c(=S)[nH]c2ccccc2c1=O)NCCNc1ncccn1. The Morgan fingerprint density at radius 2 is 1.92 bits per heavy atom. The molecule has 134 valence electrons. The van der Waals surface area contributed by atoms with Gasteiger partial charge in [-0.3, -0.25) is 14.2 Å². The number of aromatic nitrogens is 4. The summed E-state index contributed by atoms with van der Waals surface area (Å²) in [6, 6.07) is 8.89. The van der Waals surface area contributed by atoms with Crippen LogP contribution < -0.4 is 16.2 Å². The Kier molecular flexibility index (Phi) is 5.69. The van der Waals surface area contributed by atoms with Crippen molar-refractivity contribution in [2.75, 3.05) is 18.4 Å². The molecule has 9 heteroatoms. The first-order chi connectivity index (χ1) is 12.6. The molecule has 0 saturated carbocycles. The lowest BCUT2D eigenvalue weighted by Crippen LogP contribution is -2.31. The molecule has 0 aliphatic rings. The molecule has 3 N–H and O–H groups in total. The van der Waals surface area contributed by atoms with Crippen molar-refractivity contribution in [3.8, 4) is 0 Å². The minimum absolute atomic E-state index is 0.157. The zero-order valence-electron chi connectivity index (χ0n) is 13.9. The Hall–Kier alpha value is -3.07. The van der Waals surface area contributed by atoms with Gasteiger partial charge in [-0.1, -0.05) is 12.1 Å². The predicted octanol–water partition coefficient (Wildman–Crippen LogP) is 1.47. The van der Waals surface area contributed by atoms with Crippen LogP contribution in [0.4, 0.5) is 5.95 Å². The maximum absolute atomic E-state index is 12.5. The molecule has 0 fully saturated rings. The van der Waals surface area contributed by atoms with E-state index in [2.05, 4.69) is 25.6 Å². The second-order valence-corrected chi connectivity index (χ2v) is 5.92. The van der Waals surface area contributed by atoms with Gasteiger partial charge in [0, 0.05) is 38.4 Å². The number of hydrogen-bond acceptors (Lipinski definition) is 6. The molecule has 1 amide bonds. The minimum atomic E-state index is -0.194. The molecule has 1 aromatic carbocycles. The van der Waals surface area contributed by atoms with Crippen LogP contribution in [-0.4, -0.2) is 38.5 Å². The number of rotatable bonds is 7. The second-order valence-electron chi connectivity index (χ2n) is 5.53. The van der Waals surface area contributed by atoms with Crippen LogP contribution in [0, 0.1) is 4.77 Å². The van der Waals surface area contributed by atoms with E-state index >= 15 is 0 Å². The standard InChI is InChI=1S/C17H18N6O2S/c24-14(18-9-10-21-16-19-7-3-8-20-16)6-11-23-15(25)12-4-1-2-5-13(12)22-17(23)26/h1-5,7-8H,6,9-11H2,(H,18,24)(H,22,26)(H,19,20,21). The number of nitrogens with zero attached hydrogens (tertiary/aromatic N) is 3. The van der Waals surface area contributed by atoms with E-state index in [0.717, 1.165) is 0 Å². The van der Waals surface area contributed by atoms with E-state index in [1.807, 2.05) is 6.07 Å². The van der Waals surface area contributed by atoms with Crippen molar-refractivity contribution in [1.82, 2.24) is 24.8 Å². The Labute approximate surface area is 154 Å². The lowest BCUT2D eigenvalue weighted by molar-refractivity contribution is -0.121. The fraction of sp³-hybridized carbons (Fsp3) is 0.235. The molecule has 0 aliphatic carbocycles. The fourth-order valence-corrected chi connectivity index (χ4v) is 2.75. The molecule has 0 spiro atoms. The predicted molar refractivity (Wildman–Crippen MR) is 102 cm³/mol. The average molecular weight is 370 g/mol. The molecule has 0 unspecified atom stereocenters. The summed E-state index contributed by atoms with van der Waals surface area (Å²) in [7, 11) is 0. The van der Waals surface area contributed by atoms with Crippen LogP contribution in [0.3, 0.4) is 0 Å². The molecule has 0 bridgehead atoms. The summed E-state index contributed by atoms with van der Waals surface area (Å²) < 4.78 is 1.72. The fourth-order valence-electron chi connectivity index (χ4n) is 2.47. The number of anilines is 1. The maximum atomic E-state index is 12.5. The topological polar surface area (TPSA) is 105 Å². The first-order valence-electron chi connectivity index (χ1n) is 8.14. The van der Waals surface area contributed by atoms with Crippen molar-refractivity contribution in [2.24, 2.45) is 0 Å². The first-order valence-corrected chi connectivity index (χ1v) is 8.55. The summed E-state index contributed by atoms with van der Waals surface area (Å²) in [4.78, 5) is 35.6. The number of aromatic amines is 1. The van der Waals surface area contributed by atoms with Crippen LogP contribution in [0.2, 0.25) is 0 Å². The zero-order chi connectivity index (χ0) is 18.4. The van der Waals surface area contributed by atoms with E-state index in [-0.39, 0.29) is 24.4 Å². The monoisotopic (exact) mass is 370 g/mol. The molecule has 0 atom stereocenters. The van der Waals surface area contributed by atoms with Crippen molar-refractivity contribution < 1.29 is 4.79 Å². The van der Waals surface area contributed by atoms with Crippen LogP contribution in [0.25, 0.3) is 10.9 Å². The number of para-hydroxylation sites is 1. The lowest BCUT2D eigenvalue weighted by Gasteiger charge is -2.09. The Balaban J connectivity index is 1.52. The summed E-state index contributed by atoms with van der Waals surface area (Å²) in [5, 5.41) is 6.33. The molecule has 8 nitrogen and oxygen atoms in total. The Morgan fingerprint density at radius 1 is 1.15 bits per heavy atom. The van der Waals surface area contributed by atoms with Crippen molar-refractivity contribution in [2.45, 2.75) is 13.0 Å². The summed E-state index contributed by atoms with van der Waals surface area (Å²) in [6.07, 6.45) is 3.44. The largest absolute Gasteiger partial charge is 0.354 e. The summed E-state index contributed by atoms with van der Waals surface area (Å²) in [5.74, 6) is 0.353. The zero-order valence-corrected chi connectivity index (χ0v) is 14.8. The third-order valence-electron chi connectivity index (χ3n) is 3.75. The van der Waals surface area contributed by atoms with Crippen LogP contribution in [0.1, 0.15) is 6.42 Å². The van der Waals surface area contributed by atoms with Gasteiger partial charge < -0.3 is 15.6 Å². The van der Waals surface area contributed by atoms with Gasteiger partial charge in [-0.15, -0.1) is 0 Å². The van der Waals surface area contributed by atoms with Gasteiger partial charge in [-0.05, 0) is 30.4 Å². The summed E-state index contributed by atoms with van der Waals surface area (Å²) >= 11 is 5.23. The third kappa shape index (κ3) is 4.31. The number of hydrogen-bond donors (Lipinski definition) is 3. The highest BCUT2D eigenvalue weighted by Crippen LogP contribution is 2.06. The van der Waals surface area contributed by atoms with Gasteiger partial charge in [0.25, 0.3) is 5.56 Å². The van der Waals surface area contributed by atoms with Gasteiger partial charge in [0.2, 0.25) is 11.9 Å². The Morgan fingerprint density at radius 3 is 2.73 bits per heavy atom. The van der Waals surface area contributed by atoms with Crippen LogP contribution in [0.15, 0.2) is 47.5 Å². The van der Waals surface area contributed by atoms with Crippen molar-refractivity contribution in [3.63, 3.8) is 0 Å².